The van der Waals surface area contributed by atoms with E-state index in [0.29, 0.717) is 16.5 Å². The highest BCUT2D eigenvalue weighted by molar-refractivity contribution is 7.22. The second-order valence-electron chi connectivity index (χ2n) is 6.45. The van der Waals surface area contributed by atoms with E-state index in [4.69, 9.17) is 13.6 Å². The lowest BCUT2D eigenvalue weighted by molar-refractivity contribution is 0.0958. The Balaban J connectivity index is 1.58. The minimum absolute atomic E-state index is 0.250. The number of rotatable bonds is 5. The van der Waals surface area contributed by atoms with Crippen LogP contribution in [0, 0.1) is 0 Å². The molecule has 0 spiro atoms. The van der Waals surface area contributed by atoms with E-state index in [9.17, 15) is 4.79 Å². The Bertz CT molecular complexity index is 1270. The molecule has 144 valence electrons. The lowest BCUT2D eigenvalue weighted by Gasteiger charge is -2.17. The number of carbonyl (C=O) groups is 1. The number of benzene rings is 2. The topological polar surface area (TPSA) is 68.7 Å². The number of hydrogen-bond acceptors (Lipinski definition) is 6. The molecule has 6 nitrogen and oxygen atoms in total. The number of aromatic nitrogens is 1. The van der Waals surface area contributed by atoms with Crippen molar-refractivity contribution in [3.63, 3.8) is 0 Å². The van der Waals surface area contributed by atoms with Gasteiger partial charge in [-0.3, -0.25) is 9.69 Å². The number of thiazole rings is 1. The average molecular weight is 404 g/mol. The van der Waals surface area contributed by atoms with Crippen LogP contribution in [0.4, 0.5) is 5.13 Å². The molecule has 0 N–H and O–H groups in total. The molecular weight excluding hydrogens is 388 g/mol. The van der Waals surface area contributed by atoms with Gasteiger partial charge in [0.05, 0.1) is 30.1 Å². The summed E-state index contributed by atoms with van der Waals surface area (Å²) < 4.78 is 17.5. The zero-order valence-corrected chi connectivity index (χ0v) is 16.3. The summed E-state index contributed by atoms with van der Waals surface area (Å²) in [6.07, 6.45) is 1.59. The van der Waals surface area contributed by atoms with Gasteiger partial charge in [0.2, 0.25) is 0 Å². The summed E-state index contributed by atoms with van der Waals surface area (Å²) in [5.41, 5.74) is 1.44. The van der Waals surface area contributed by atoms with Crippen LogP contribution in [-0.4, -0.2) is 18.0 Å². The van der Waals surface area contributed by atoms with Gasteiger partial charge in [-0.15, -0.1) is 0 Å². The molecule has 0 aliphatic rings. The lowest BCUT2D eigenvalue weighted by Crippen LogP contribution is -2.29. The van der Waals surface area contributed by atoms with Crippen LogP contribution < -0.4 is 9.64 Å². The Morgan fingerprint density at radius 3 is 2.83 bits per heavy atom. The third-order valence-corrected chi connectivity index (χ3v) is 5.65. The van der Waals surface area contributed by atoms with Gasteiger partial charge in [-0.2, -0.15) is 0 Å². The minimum atomic E-state index is -0.274. The van der Waals surface area contributed by atoms with Gasteiger partial charge in [-0.1, -0.05) is 29.5 Å². The summed E-state index contributed by atoms with van der Waals surface area (Å²) >= 11 is 1.43. The van der Waals surface area contributed by atoms with Crippen molar-refractivity contribution in [1.29, 1.82) is 0 Å². The van der Waals surface area contributed by atoms with Gasteiger partial charge in [-0.05, 0) is 36.4 Å². The van der Waals surface area contributed by atoms with Crippen molar-refractivity contribution >= 4 is 43.6 Å². The smallest absolute Gasteiger partial charge is 0.296 e. The van der Waals surface area contributed by atoms with Gasteiger partial charge in [-0.25, -0.2) is 4.98 Å². The van der Waals surface area contributed by atoms with E-state index in [1.165, 1.54) is 11.3 Å². The van der Waals surface area contributed by atoms with E-state index in [0.717, 1.165) is 21.4 Å². The number of furan rings is 2. The second kappa shape index (κ2) is 7.10. The fraction of sp³-hybridized carbons (Fsp3) is 0.0909. The molecule has 29 heavy (non-hydrogen) atoms. The Morgan fingerprint density at radius 2 is 2.03 bits per heavy atom. The number of hydrogen-bond donors (Lipinski definition) is 0. The van der Waals surface area contributed by atoms with E-state index >= 15 is 0 Å². The summed E-state index contributed by atoms with van der Waals surface area (Å²) in [5, 5.41) is 1.44. The number of anilines is 1. The van der Waals surface area contributed by atoms with Crippen molar-refractivity contribution in [2.24, 2.45) is 0 Å². The van der Waals surface area contributed by atoms with Gasteiger partial charge in [0.1, 0.15) is 17.1 Å². The first-order valence-corrected chi connectivity index (χ1v) is 9.80. The summed E-state index contributed by atoms with van der Waals surface area (Å²) in [6, 6.07) is 18.6. The van der Waals surface area contributed by atoms with E-state index in [-0.39, 0.29) is 18.2 Å². The van der Waals surface area contributed by atoms with E-state index in [2.05, 4.69) is 4.98 Å². The molecular formula is C22H16N2O4S. The van der Waals surface area contributed by atoms with Crippen LogP contribution in [0.1, 0.15) is 16.3 Å². The van der Waals surface area contributed by atoms with Crippen LogP contribution in [0.3, 0.4) is 0 Å². The molecule has 0 atom stereocenters. The van der Waals surface area contributed by atoms with Crippen LogP contribution in [0.15, 0.2) is 75.8 Å². The Hall–Kier alpha value is -3.58. The van der Waals surface area contributed by atoms with Gasteiger partial charge in [0, 0.05) is 11.5 Å². The van der Waals surface area contributed by atoms with Crippen molar-refractivity contribution in [3.8, 4) is 5.75 Å². The number of para-hydroxylation sites is 1. The highest BCUT2D eigenvalue weighted by Crippen LogP contribution is 2.33. The van der Waals surface area contributed by atoms with Crippen molar-refractivity contribution in [3.05, 3.63) is 78.4 Å². The molecule has 0 saturated heterocycles. The molecule has 1 amide bonds. The van der Waals surface area contributed by atoms with Gasteiger partial charge in [0.25, 0.3) is 5.91 Å². The number of fused-ring (bicyclic) bond motifs is 2. The maximum Gasteiger partial charge on any atom is 0.296 e. The molecule has 3 heterocycles. The molecule has 0 bridgehead atoms. The number of carbonyl (C=O) groups excluding carboxylic acids is 1. The highest BCUT2D eigenvalue weighted by atomic mass is 32.1. The predicted octanol–water partition coefficient (Wildman–Crippen LogP) is 5.49. The van der Waals surface area contributed by atoms with Crippen LogP contribution >= 0.6 is 11.3 Å². The third kappa shape index (κ3) is 3.25. The monoisotopic (exact) mass is 404 g/mol. The van der Waals surface area contributed by atoms with Crippen molar-refractivity contribution in [2.75, 3.05) is 12.0 Å². The largest absolute Gasteiger partial charge is 0.497 e. The zero-order valence-electron chi connectivity index (χ0n) is 15.5. The maximum atomic E-state index is 13.4. The first kappa shape index (κ1) is 17.5. The number of nitrogens with zero attached hydrogens (tertiary/aromatic N) is 2. The van der Waals surface area contributed by atoms with Crippen molar-refractivity contribution in [2.45, 2.75) is 6.54 Å². The van der Waals surface area contributed by atoms with Crippen LogP contribution in [0.2, 0.25) is 0 Å². The number of ether oxygens (including phenoxy) is 1. The lowest BCUT2D eigenvalue weighted by atomic mass is 10.2. The first-order chi connectivity index (χ1) is 14.2. The molecule has 5 rings (SSSR count). The van der Waals surface area contributed by atoms with Gasteiger partial charge >= 0.3 is 0 Å². The summed E-state index contributed by atoms with van der Waals surface area (Å²) in [6.45, 7) is 0.250. The fourth-order valence-electron chi connectivity index (χ4n) is 3.14. The highest BCUT2D eigenvalue weighted by Gasteiger charge is 2.25. The molecule has 0 unspecified atom stereocenters. The van der Waals surface area contributed by atoms with Crippen LogP contribution in [-0.2, 0) is 6.54 Å². The molecule has 0 fully saturated rings. The summed E-state index contributed by atoms with van der Waals surface area (Å²) in [5.74, 6) is 1.36. The molecule has 2 aromatic carbocycles. The van der Waals surface area contributed by atoms with Crippen LogP contribution in [0.25, 0.3) is 21.2 Å². The quantitative estimate of drug-likeness (QED) is 0.387. The van der Waals surface area contributed by atoms with E-state index in [1.54, 1.807) is 30.4 Å². The van der Waals surface area contributed by atoms with Crippen molar-refractivity contribution in [1.82, 2.24) is 4.98 Å². The summed E-state index contributed by atoms with van der Waals surface area (Å²) in [4.78, 5) is 19.6. The van der Waals surface area contributed by atoms with E-state index in [1.807, 2.05) is 48.5 Å². The Kier molecular flexibility index (Phi) is 4.29. The number of methoxy groups -OCH3 is 1. The molecule has 0 saturated carbocycles. The molecule has 3 aromatic heterocycles. The SMILES string of the molecule is COc1ccc2sc(N(Cc3ccco3)C(=O)c3cc4ccccc4o3)nc2c1. The second-order valence-corrected chi connectivity index (χ2v) is 7.46. The first-order valence-electron chi connectivity index (χ1n) is 8.99. The molecule has 0 radical (unpaired) electrons. The predicted molar refractivity (Wildman–Crippen MR) is 112 cm³/mol. The molecule has 0 aliphatic heterocycles. The van der Waals surface area contributed by atoms with Gasteiger partial charge in [0.15, 0.2) is 10.9 Å². The molecule has 7 heteroatoms. The van der Waals surface area contributed by atoms with Crippen LogP contribution in [0.5, 0.6) is 5.75 Å². The zero-order chi connectivity index (χ0) is 19.8. The summed E-state index contributed by atoms with van der Waals surface area (Å²) in [7, 11) is 1.61. The van der Waals surface area contributed by atoms with E-state index < -0.39 is 0 Å². The Labute approximate surface area is 169 Å². The molecule has 5 aromatic rings. The Morgan fingerprint density at radius 1 is 1.14 bits per heavy atom. The van der Waals surface area contributed by atoms with Crippen molar-refractivity contribution < 1.29 is 18.4 Å². The number of amides is 1. The fourth-order valence-corrected chi connectivity index (χ4v) is 4.09. The molecule has 0 aliphatic carbocycles. The average Bonchev–Trinajstić information content (AvgIpc) is 3.49. The minimum Gasteiger partial charge on any atom is -0.497 e. The third-order valence-electron chi connectivity index (χ3n) is 4.59. The standard InChI is InChI=1S/C22H16N2O4S/c1-26-15-8-9-20-17(12-15)23-22(29-20)24(13-16-6-4-10-27-16)21(25)19-11-14-5-2-3-7-18(14)28-19/h2-12H,13H2,1H3. The normalized spacial score (nSPS) is 11.2. The van der Waals surface area contributed by atoms with Gasteiger partial charge < -0.3 is 13.6 Å². The maximum absolute atomic E-state index is 13.4.